The normalized spacial score (nSPS) is 23.4. The third-order valence-electron chi connectivity index (χ3n) is 6.54. The highest BCUT2D eigenvalue weighted by Crippen LogP contribution is 2.37. The van der Waals surface area contributed by atoms with Crippen LogP contribution in [0.1, 0.15) is 45.1 Å². The Morgan fingerprint density at radius 1 is 1.16 bits per heavy atom. The molecule has 2 aromatic carbocycles. The van der Waals surface area contributed by atoms with Gasteiger partial charge in [0, 0.05) is 24.7 Å². The fourth-order valence-corrected chi connectivity index (χ4v) is 5.72. The Hall–Kier alpha value is -2.48. The van der Waals surface area contributed by atoms with Crippen LogP contribution in [-0.4, -0.2) is 44.6 Å². The van der Waals surface area contributed by atoms with E-state index in [-0.39, 0.29) is 11.9 Å². The van der Waals surface area contributed by atoms with E-state index in [2.05, 4.69) is 33.4 Å². The van der Waals surface area contributed by atoms with E-state index in [0.29, 0.717) is 17.3 Å². The maximum absolute atomic E-state index is 12.2. The number of para-hydroxylation sites is 1. The van der Waals surface area contributed by atoms with Gasteiger partial charge in [0.05, 0.1) is 10.2 Å². The van der Waals surface area contributed by atoms with Gasteiger partial charge in [-0.3, -0.25) is 9.69 Å². The second kappa shape index (κ2) is 8.46. The van der Waals surface area contributed by atoms with Gasteiger partial charge in [-0.25, -0.2) is 4.98 Å². The summed E-state index contributed by atoms with van der Waals surface area (Å²) in [5, 5.41) is 13.6. The van der Waals surface area contributed by atoms with Crippen LogP contribution < -0.4 is 10.1 Å². The molecule has 2 fully saturated rings. The smallest absolute Gasteiger partial charge is 0.279 e. The number of fused-ring (bicyclic) bond motifs is 3. The molecule has 2 N–H and O–H groups in total. The summed E-state index contributed by atoms with van der Waals surface area (Å²) in [5.74, 6) is 0.517. The molecule has 2 aliphatic rings. The van der Waals surface area contributed by atoms with Gasteiger partial charge >= 0.3 is 0 Å². The molecule has 0 radical (unpaired) electrons. The Labute approximate surface area is 192 Å². The molecular weight excluding hydrogens is 422 g/mol. The first-order valence-electron chi connectivity index (χ1n) is 11.3. The number of thiazole rings is 1. The van der Waals surface area contributed by atoms with Crippen molar-refractivity contribution in [3.05, 3.63) is 54.1 Å². The number of aromatic nitrogens is 1. The zero-order chi connectivity index (χ0) is 22.3. The Morgan fingerprint density at radius 3 is 2.50 bits per heavy atom. The summed E-state index contributed by atoms with van der Waals surface area (Å²) in [6.45, 7) is 3.98. The maximum atomic E-state index is 12.2. The topological polar surface area (TPSA) is 74.7 Å². The minimum absolute atomic E-state index is 0.146. The SMILES string of the molecule is CC(C)(O)C(=O)NC1CC2CC[C@H](C1)N2Cc1ccc(Oc2nc3ccccc3s2)cc1. The summed E-state index contributed by atoms with van der Waals surface area (Å²) in [4.78, 5) is 19.3. The van der Waals surface area contributed by atoms with Crippen LogP contribution in [0.2, 0.25) is 0 Å². The molecule has 3 atom stereocenters. The molecular formula is C25H29N3O3S. The van der Waals surface area contributed by atoms with E-state index in [1.807, 2.05) is 30.3 Å². The second-order valence-electron chi connectivity index (χ2n) is 9.45. The number of benzene rings is 2. The number of nitrogens with one attached hydrogen (secondary N) is 1. The molecule has 1 aromatic heterocycles. The van der Waals surface area contributed by atoms with E-state index in [9.17, 15) is 9.90 Å². The molecule has 0 spiro atoms. The van der Waals surface area contributed by atoms with Crippen LogP contribution in [0.15, 0.2) is 48.5 Å². The molecule has 168 valence electrons. The van der Waals surface area contributed by atoms with Crippen LogP contribution >= 0.6 is 11.3 Å². The number of aliphatic hydroxyl groups is 1. The molecule has 32 heavy (non-hydrogen) atoms. The zero-order valence-electron chi connectivity index (χ0n) is 18.5. The quantitative estimate of drug-likeness (QED) is 0.578. The minimum atomic E-state index is -1.33. The average Bonchev–Trinajstić information content (AvgIpc) is 3.25. The number of nitrogens with zero attached hydrogens (tertiary/aromatic N) is 2. The van der Waals surface area contributed by atoms with Gasteiger partial charge < -0.3 is 15.2 Å². The Bertz CT molecular complexity index is 1060. The molecule has 1 amide bonds. The van der Waals surface area contributed by atoms with Gasteiger partial charge in [-0.05, 0) is 69.4 Å². The Morgan fingerprint density at radius 2 is 1.84 bits per heavy atom. The summed E-state index contributed by atoms with van der Waals surface area (Å²) in [7, 11) is 0. The van der Waals surface area contributed by atoms with E-state index < -0.39 is 5.60 Å². The molecule has 0 aliphatic carbocycles. The van der Waals surface area contributed by atoms with E-state index >= 15 is 0 Å². The van der Waals surface area contributed by atoms with E-state index in [1.165, 1.54) is 32.3 Å². The van der Waals surface area contributed by atoms with Crippen molar-refractivity contribution in [3.8, 4) is 10.9 Å². The summed E-state index contributed by atoms with van der Waals surface area (Å²) < 4.78 is 7.10. The largest absolute Gasteiger partial charge is 0.431 e. The lowest BCUT2D eigenvalue weighted by atomic mass is 9.95. The van der Waals surface area contributed by atoms with Crippen molar-refractivity contribution in [1.29, 1.82) is 0 Å². The fraction of sp³-hybridized carbons (Fsp3) is 0.440. The Kier molecular flexibility index (Phi) is 5.65. The monoisotopic (exact) mass is 451 g/mol. The molecule has 3 aromatic rings. The standard InChI is InChI=1S/C25H29N3O3S/c1-25(2,30)23(29)26-17-13-18-9-10-19(14-17)28(18)15-16-7-11-20(12-8-16)31-24-27-21-5-3-4-6-22(21)32-24/h3-8,11-12,17-19,30H,9-10,13-15H2,1-2H3,(H,26,29)/t17?,18-,19?/m1/s1. The summed E-state index contributed by atoms with van der Waals surface area (Å²) in [6.07, 6.45) is 4.21. The summed E-state index contributed by atoms with van der Waals surface area (Å²) >= 11 is 1.55. The first-order valence-corrected chi connectivity index (χ1v) is 12.1. The van der Waals surface area contributed by atoms with Crippen molar-refractivity contribution in [3.63, 3.8) is 0 Å². The first kappa shape index (κ1) is 21.4. The molecule has 0 saturated carbocycles. The number of hydrogen-bond donors (Lipinski definition) is 2. The molecule has 2 saturated heterocycles. The van der Waals surface area contributed by atoms with Crippen LogP contribution in [0.25, 0.3) is 10.2 Å². The predicted octanol–water partition coefficient (Wildman–Crippen LogP) is 4.47. The lowest BCUT2D eigenvalue weighted by Crippen LogP contribution is -2.53. The van der Waals surface area contributed by atoms with Crippen molar-refractivity contribution < 1.29 is 14.6 Å². The molecule has 5 rings (SSSR count). The van der Waals surface area contributed by atoms with Crippen LogP contribution in [0, 0.1) is 0 Å². The number of piperidine rings is 1. The van der Waals surface area contributed by atoms with Gasteiger partial charge in [0.25, 0.3) is 11.1 Å². The Balaban J connectivity index is 1.19. The highest BCUT2D eigenvalue weighted by molar-refractivity contribution is 7.20. The minimum Gasteiger partial charge on any atom is -0.431 e. The molecule has 2 unspecified atom stereocenters. The summed E-state index contributed by atoms with van der Waals surface area (Å²) in [5.41, 5.74) is 0.894. The number of amides is 1. The van der Waals surface area contributed by atoms with Crippen LogP contribution in [-0.2, 0) is 11.3 Å². The number of carbonyl (C=O) groups excluding carboxylic acids is 1. The molecule has 3 heterocycles. The first-order chi connectivity index (χ1) is 15.3. The number of ether oxygens (including phenoxy) is 1. The lowest BCUT2D eigenvalue weighted by molar-refractivity contribution is -0.137. The van der Waals surface area contributed by atoms with Gasteiger partial charge in [-0.15, -0.1) is 0 Å². The maximum Gasteiger partial charge on any atom is 0.279 e. The van der Waals surface area contributed by atoms with Crippen molar-refractivity contribution in [1.82, 2.24) is 15.2 Å². The van der Waals surface area contributed by atoms with Crippen molar-refractivity contribution in [2.45, 2.75) is 69.8 Å². The van der Waals surface area contributed by atoms with Gasteiger partial charge in [0.1, 0.15) is 11.4 Å². The van der Waals surface area contributed by atoms with Gasteiger partial charge in [0.15, 0.2) is 0 Å². The van der Waals surface area contributed by atoms with E-state index in [1.54, 1.807) is 11.3 Å². The molecule has 2 aliphatic heterocycles. The highest BCUT2D eigenvalue weighted by Gasteiger charge is 2.41. The zero-order valence-corrected chi connectivity index (χ0v) is 19.3. The number of carbonyl (C=O) groups is 1. The number of hydrogen-bond acceptors (Lipinski definition) is 6. The van der Waals surface area contributed by atoms with Crippen LogP contribution in [0.4, 0.5) is 0 Å². The lowest BCUT2D eigenvalue weighted by Gasteiger charge is -2.39. The van der Waals surface area contributed by atoms with E-state index in [4.69, 9.17) is 4.74 Å². The highest BCUT2D eigenvalue weighted by atomic mass is 32.1. The average molecular weight is 452 g/mol. The molecule has 2 bridgehead atoms. The third-order valence-corrected chi connectivity index (χ3v) is 7.46. The van der Waals surface area contributed by atoms with Crippen molar-refractivity contribution in [2.75, 3.05) is 0 Å². The fourth-order valence-electron chi connectivity index (χ4n) is 4.88. The van der Waals surface area contributed by atoms with Crippen LogP contribution in [0.5, 0.6) is 10.9 Å². The number of rotatable bonds is 6. The van der Waals surface area contributed by atoms with Gasteiger partial charge in [-0.2, -0.15) is 0 Å². The molecule has 7 heteroatoms. The van der Waals surface area contributed by atoms with Gasteiger partial charge in [0.2, 0.25) is 0 Å². The third kappa shape index (κ3) is 4.51. The molecule has 6 nitrogen and oxygen atoms in total. The summed E-state index contributed by atoms with van der Waals surface area (Å²) in [6, 6.07) is 17.4. The predicted molar refractivity (Wildman–Crippen MR) is 126 cm³/mol. The van der Waals surface area contributed by atoms with Crippen LogP contribution in [0.3, 0.4) is 0 Å². The van der Waals surface area contributed by atoms with E-state index in [0.717, 1.165) is 35.4 Å². The second-order valence-corrected chi connectivity index (χ2v) is 10.4. The van der Waals surface area contributed by atoms with Gasteiger partial charge in [-0.1, -0.05) is 35.6 Å². The van der Waals surface area contributed by atoms with Crippen molar-refractivity contribution >= 4 is 27.5 Å². The van der Waals surface area contributed by atoms with Crippen molar-refractivity contribution in [2.24, 2.45) is 0 Å².